The van der Waals surface area contributed by atoms with Gasteiger partial charge in [-0.3, -0.25) is 0 Å². The number of aryl methyl sites for hydroxylation is 1. The van der Waals surface area contributed by atoms with Crippen LogP contribution in [-0.4, -0.2) is 4.98 Å². The van der Waals surface area contributed by atoms with Crippen molar-refractivity contribution in [3.05, 3.63) is 64.5 Å². The molecule has 0 fully saturated rings. The maximum absolute atomic E-state index is 12.3. The quantitative estimate of drug-likeness (QED) is 0.703. The van der Waals surface area contributed by atoms with Crippen molar-refractivity contribution in [1.82, 2.24) is 4.98 Å². The summed E-state index contributed by atoms with van der Waals surface area (Å²) in [5, 5.41) is 0.552. The Balaban J connectivity index is 2.00. The van der Waals surface area contributed by atoms with Gasteiger partial charge in [0.2, 0.25) is 0 Å². The van der Waals surface area contributed by atoms with E-state index in [1.165, 1.54) is 0 Å². The number of para-hydroxylation sites is 1. The maximum atomic E-state index is 12.3. The second-order valence-electron chi connectivity index (χ2n) is 5.10. The summed E-state index contributed by atoms with van der Waals surface area (Å²) >= 11 is 0. The highest BCUT2D eigenvalue weighted by Gasteiger charge is 2.11. The van der Waals surface area contributed by atoms with Gasteiger partial charge < -0.3 is 9.15 Å². The molecule has 3 rings (SSSR count). The first-order valence-corrected chi connectivity index (χ1v) is 7.43. The molecule has 0 unspecified atom stereocenters. The Hall–Kier alpha value is -2.62. The molecule has 0 spiro atoms. The summed E-state index contributed by atoms with van der Waals surface area (Å²) in [5.74, 6) is 0.583. The van der Waals surface area contributed by atoms with Crippen molar-refractivity contribution in [2.75, 3.05) is 0 Å². The molecule has 0 amide bonds. The lowest BCUT2D eigenvalue weighted by atomic mass is 10.0. The van der Waals surface area contributed by atoms with Gasteiger partial charge in [-0.05, 0) is 36.6 Å². The van der Waals surface area contributed by atoms with Crippen LogP contribution in [0.4, 0.5) is 0 Å². The fourth-order valence-corrected chi connectivity index (χ4v) is 2.38. The van der Waals surface area contributed by atoms with Gasteiger partial charge in [0, 0.05) is 0 Å². The van der Waals surface area contributed by atoms with Crippen LogP contribution >= 0.6 is 0 Å². The molecule has 1 heterocycles. The van der Waals surface area contributed by atoms with Gasteiger partial charge in [-0.2, -0.15) is 4.98 Å². The molecule has 2 aromatic carbocycles. The van der Waals surface area contributed by atoms with Crippen molar-refractivity contribution in [3.63, 3.8) is 0 Å². The molecule has 4 heteroatoms. The van der Waals surface area contributed by atoms with E-state index in [9.17, 15) is 4.79 Å². The number of unbranched alkanes of at least 4 members (excludes halogenated alkanes) is 1. The van der Waals surface area contributed by atoms with E-state index < -0.39 is 5.63 Å². The van der Waals surface area contributed by atoms with E-state index >= 15 is 0 Å². The molecule has 0 aliphatic heterocycles. The topological polar surface area (TPSA) is 52.3 Å². The Bertz CT molecular complexity index is 825. The molecule has 4 nitrogen and oxygen atoms in total. The first-order chi connectivity index (χ1) is 10.8. The van der Waals surface area contributed by atoms with Crippen molar-refractivity contribution >= 4 is 10.9 Å². The molecule has 0 aliphatic carbocycles. The van der Waals surface area contributed by atoms with Crippen LogP contribution in [0.5, 0.6) is 11.8 Å². The normalized spacial score (nSPS) is 10.8. The van der Waals surface area contributed by atoms with E-state index in [1.54, 1.807) is 18.2 Å². The summed E-state index contributed by atoms with van der Waals surface area (Å²) in [5.41, 5.74) is 1.19. The van der Waals surface area contributed by atoms with Crippen molar-refractivity contribution in [2.24, 2.45) is 0 Å². The summed E-state index contributed by atoms with van der Waals surface area (Å²) in [6.07, 6.45) is 2.92. The average molecular weight is 295 g/mol. The fraction of sp³-hybridized carbons (Fsp3) is 0.222. The zero-order valence-electron chi connectivity index (χ0n) is 12.4. The van der Waals surface area contributed by atoms with Gasteiger partial charge in [-0.1, -0.05) is 43.7 Å². The van der Waals surface area contributed by atoms with Gasteiger partial charge in [0.25, 0.3) is 0 Å². The first-order valence-electron chi connectivity index (χ1n) is 7.43. The number of nitrogens with zero attached hydrogens (tertiary/aromatic N) is 1. The van der Waals surface area contributed by atoms with Crippen LogP contribution in [0.3, 0.4) is 0 Å². The average Bonchev–Trinajstić information content (AvgIpc) is 2.53. The predicted octanol–water partition coefficient (Wildman–Crippen LogP) is 4.32. The van der Waals surface area contributed by atoms with Gasteiger partial charge in [-0.25, -0.2) is 4.79 Å². The molecule has 22 heavy (non-hydrogen) atoms. The molecule has 0 atom stereocenters. The minimum atomic E-state index is -0.400. The van der Waals surface area contributed by atoms with Gasteiger partial charge in [-0.15, -0.1) is 0 Å². The zero-order valence-corrected chi connectivity index (χ0v) is 12.4. The van der Waals surface area contributed by atoms with Gasteiger partial charge in [0.05, 0.1) is 10.9 Å². The van der Waals surface area contributed by atoms with E-state index in [-0.39, 0.29) is 6.08 Å². The third-order valence-electron chi connectivity index (χ3n) is 3.47. The zero-order chi connectivity index (χ0) is 15.4. The lowest BCUT2D eigenvalue weighted by Gasteiger charge is -2.06. The highest BCUT2D eigenvalue weighted by Crippen LogP contribution is 2.22. The van der Waals surface area contributed by atoms with Gasteiger partial charge in [0.15, 0.2) is 0 Å². The van der Waals surface area contributed by atoms with Gasteiger partial charge >= 0.3 is 11.7 Å². The highest BCUT2D eigenvalue weighted by molar-refractivity contribution is 5.81. The monoisotopic (exact) mass is 295 g/mol. The molecule has 0 radical (unpaired) electrons. The van der Waals surface area contributed by atoms with Crippen LogP contribution in [0.2, 0.25) is 0 Å². The summed E-state index contributed by atoms with van der Waals surface area (Å²) in [6, 6.07) is 14.8. The second kappa shape index (κ2) is 6.43. The molecule has 112 valence electrons. The molecule has 0 aliphatic rings. The van der Waals surface area contributed by atoms with Crippen LogP contribution < -0.4 is 10.4 Å². The Labute approximate surface area is 128 Å². The number of benzene rings is 2. The third-order valence-corrected chi connectivity index (χ3v) is 3.47. The largest absolute Gasteiger partial charge is 0.411 e. The molecular weight excluding hydrogens is 278 g/mol. The Kier molecular flexibility index (Phi) is 4.19. The summed E-state index contributed by atoms with van der Waals surface area (Å²) in [7, 11) is 0. The van der Waals surface area contributed by atoms with E-state index in [4.69, 9.17) is 9.15 Å². The third kappa shape index (κ3) is 3.01. The molecule has 0 N–H and O–H groups in total. The highest BCUT2D eigenvalue weighted by atomic mass is 16.6. The number of hydrogen-bond donors (Lipinski definition) is 0. The van der Waals surface area contributed by atoms with Crippen molar-refractivity contribution < 1.29 is 9.15 Å². The standard InChI is InChI=1S/C18H17NO3/c1-2-3-8-13-9-7-12-15-16(13)17(20)22-18(19-15)21-14-10-5-4-6-11-14/h4-7,9-12H,2-3,8H2,1H3. The summed E-state index contributed by atoms with van der Waals surface area (Å²) in [6.45, 7) is 2.12. The molecular formula is C18H17NO3. The lowest BCUT2D eigenvalue weighted by Crippen LogP contribution is -2.06. The fourth-order valence-electron chi connectivity index (χ4n) is 2.38. The van der Waals surface area contributed by atoms with Crippen LogP contribution in [0.15, 0.2) is 57.7 Å². The number of fused-ring (bicyclic) bond motifs is 1. The minimum Gasteiger partial charge on any atom is -0.411 e. The molecule has 0 bridgehead atoms. The van der Waals surface area contributed by atoms with Crippen LogP contribution in [0.1, 0.15) is 25.3 Å². The summed E-state index contributed by atoms with van der Waals surface area (Å²) in [4.78, 5) is 16.6. The Morgan fingerprint density at radius 3 is 2.68 bits per heavy atom. The molecule has 1 aromatic heterocycles. The van der Waals surface area contributed by atoms with Crippen molar-refractivity contribution in [2.45, 2.75) is 26.2 Å². The lowest BCUT2D eigenvalue weighted by molar-refractivity contribution is 0.307. The van der Waals surface area contributed by atoms with E-state index in [0.29, 0.717) is 16.7 Å². The molecule has 0 saturated heterocycles. The summed E-state index contributed by atoms with van der Waals surface area (Å²) < 4.78 is 10.7. The number of aromatic nitrogens is 1. The van der Waals surface area contributed by atoms with E-state index in [2.05, 4.69) is 11.9 Å². The van der Waals surface area contributed by atoms with Crippen LogP contribution in [-0.2, 0) is 6.42 Å². The van der Waals surface area contributed by atoms with Gasteiger partial charge in [0.1, 0.15) is 5.75 Å². The SMILES string of the molecule is CCCCc1cccc2nc(Oc3ccccc3)oc(=O)c12. The van der Waals surface area contributed by atoms with Crippen molar-refractivity contribution in [1.29, 1.82) is 0 Å². The minimum absolute atomic E-state index is 0.0312. The Morgan fingerprint density at radius 1 is 1.09 bits per heavy atom. The Morgan fingerprint density at radius 2 is 1.91 bits per heavy atom. The van der Waals surface area contributed by atoms with Crippen molar-refractivity contribution in [3.8, 4) is 11.8 Å². The van der Waals surface area contributed by atoms with Crippen LogP contribution in [0, 0.1) is 0 Å². The van der Waals surface area contributed by atoms with Crippen LogP contribution in [0.25, 0.3) is 10.9 Å². The maximum Gasteiger partial charge on any atom is 0.402 e. The molecule has 3 aromatic rings. The number of ether oxygens (including phenoxy) is 1. The van der Waals surface area contributed by atoms with E-state index in [1.807, 2.05) is 30.3 Å². The molecule has 0 saturated carbocycles. The number of hydrogen-bond acceptors (Lipinski definition) is 4. The number of rotatable bonds is 5. The van der Waals surface area contributed by atoms with E-state index in [0.717, 1.165) is 24.8 Å². The predicted molar refractivity (Wildman–Crippen MR) is 85.4 cm³/mol. The smallest absolute Gasteiger partial charge is 0.402 e. The first kappa shape index (κ1) is 14.3. The second-order valence-corrected chi connectivity index (χ2v) is 5.10.